The molecule has 270 valence electrons. The number of nitrogens with zero attached hydrogens (tertiary/aromatic N) is 1. The minimum Gasteiger partial charge on any atom is -0.493 e. The highest BCUT2D eigenvalue weighted by molar-refractivity contribution is 5.91. The van der Waals surface area contributed by atoms with Crippen molar-refractivity contribution in [2.45, 2.75) is 92.9 Å². The molecule has 1 aliphatic heterocycles. The van der Waals surface area contributed by atoms with Crippen LogP contribution < -0.4 is 10.1 Å². The predicted molar refractivity (Wildman–Crippen MR) is 206 cm³/mol. The van der Waals surface area contributed by atoms with Gasteiger partial charge in [0.1, 0.15) is 17.5 Å². The third-order valence-electron chi connectivity index (χ3n) is 7.94. The number of terminal acetylenes is 1. The maximum absolute atomic E-state index is 12.8. The molecule has 7 nitrogen and oxygen atoms in total. The van der Waals surface area contributed by atoms with Crippen molar-refractivity contribution in [2.24, 2.45) is 11.8 Å². The van der Waals surface area contributed by atoms with E-state index in [9.17, 15) is 9.59 Å². The summed E-state index contributed by atoms with van der Waals surface area (Å²) in [4.78, 5) is 27.2. The topological polar surface area (TPSA) is 77.1 Å². The second-order valence-electron chi connectivity index (χ2n) is 13.0. The van der Waals surface area contributed by atoms with Crippen molar-refractivity contribution in [3.63, 3.8) is 0 Å². The van der Waals surface area contributed by atoms with Crippen LogP contribution in [0.5, 0.6) is 5.75 Å². The lowest BCUT2D eigenvalue weighted by molar-refractivity contribution is -0.155. The molecule has 1 amide bonds. The van der Waals surface area contributed by atoms with E-state index in [1.807, 2.05) is 133 Å². The molecule has 50 heavy (non-hydrogen) atoms. The van der Waals surface area contributed by atoms with E-state index in [1.54, 1.807) is 6.92 Å². The van der Waals surface area contributed by atoms with E-state index < -0.39 is 11.7 Å². The summed E-state index contributed by atoms with van der Waals surface area (Å²) in [6.07, 6.45) is 10.2. The lowest BCUT2D eigenvalue weighted by Gasteiger charge is -2.20. The number of rotatable bonds is 9. The van der Waals surface area contributed by atoms with Gasteiger partial charge in [0.15, 0.2) is 0 Å². The number of hydrogen-bond acceptors (Lipinski definition) is 6. The van der Waals surface area contributed by atoms with E-state index >= 15 is 0 Å². The SMILES string of the molecule is C#CC.CC.CC(C)(C)OC(=O)CCOc1cccc(CN2C[C@H]3CC(OC(=O)Nc4ccccc4-c4ccccc4)C[C@H]3C2)c1.CC=CC. The fourth-order valence-corrected chi connectivity index (χ4v) is 5.96. The molecule has 0 bridgehead atoms. The number of likely N-dealkylation sites (tertiary alicyclic amines) is 1. The van der Waals surface area contributed by atoms with Crippen LogP contribution in [0.2, 0.25) is 0 Å². The molecule has 1 unspecified atom stereocenters. The average Bonchev–Trinajstić information content (AvgIpc) is 3.64. The molecule has 1 aliphatic carbocycles. The minimum absolute atomic E-state index is 0.0576. The molecule has 1 heterocycles. The number of para-hydroxylation sites is 1. The lowest BCUT2D eigenvalue weighted by Crippen LogP contribution is -2.25. The van der Waals surface area contributed by atoms with Crippen molar-refractivity contribution in [1.29, 1.82) is 0 Å². The number of amides is 1. The summed E-state index contributed by atoms with van der Waals surface area (Å²) in [7, 11) is 0. The van der Waals surface area contributed by atoms with Crippen molar-refractivity contribution in [3.8, 4) is 29.2 Å². The van der Waals surface area contributed by atoms with Crippen molar-refractivity contribution in [3.05, 3.63) is 96.6 Å². The summed E-state index contributed by atoms with van der Waals surface area (Å²) in [6, 6.07) is 25.9. The number of hydrogen-bond donors (Lipinski definition) is 1. The van der Waals surface area contributed by atoms with E-state index in [0.717, 1.165) is 55.0 Å². The van der Waals surface area contributed by atoms with Crippen LogP contribution in [0.1, 0.15) is 80.2 Å². The molecule has 3 atom stereocenters. The van der Waals surface area contributed by atoms with E-state index in [0.29, 0.717) is 18.4 Å². The summed E-state index contributed by atoms with van der Waals surface area (Å²) in [5.74, 6) is 3.81. The zero-order valence-electron chi connectivity index (χ0n) is 31.4. The Hall–Kier alpha value is -4.54. The summed E-state index contributed by atoms with van der Waals surface area (Å²) >= 11 is 0. The first-order valence-electron chi connectivity index (χ1n) is 17.8. The Labute approximate surface area is 301 Å². The molecule has 1 saturated carbocycles. The molecule has 0 aromatic heterocycles. The van der Waals surface area contributed by atoms with Crippen LogP contribution in [0.4, 0.5) is 10.5 Å². The normalized spacial score (nSPS) is 17.7. The summed E-state index contributed by atoms with van der Waals surface area (Å²) in [6.45, 7) is 18.4. The zero-order chi connectivity index (χ0) is 36.9. The number of ether oxygens (including phenoxy) is 3. The van der Waals surface area contributed by atoms with Crippen LogP contribution in [-0.2, 0) is 20.8 Å². The Kier molecular flexibility index (Phi) is 18.5. The second kappa shape index (κ2) is 22.2. The summed E-state index contributed by atoms with van der Waals surface area (Å²) < 4.78 is 17.0. The van der Waals surface area contributed by atoms with Gasteiger partial charge in [-0.3, -0.25) is 15.0 Å². The van der Waals surface area contributed by atoms with Crippen LogP contribution >= 0.6 is 0 Å². The van der Waals surface area contributed by atoms with Gasteiger partial charge in [0.05, 0.1) is 18.7 Å². The average molecular weight is 683 g/mol. The Morgan fingerprint density at radius 1 is 0.920 bits per heavy atom. The quantitative estimate of drug-likeness (QED) is 0.138. The second-order valence-corrected chi connectivity index (χ2v) is 13.0. The smallest absolute Gasteiger partial charge is 0.411 e. The highest BCUT2D eigenvalue weighted by atomic mass is 16.6. The first-order valence-corrected chi connectivity index (χ1v) is 17.8. The van der Waals surface area contributed by atoms with Crippen LogP contribution in [0.25, 0.3) is 11.1 Å². The zero-order valence-corrected chi connectivity index (χ0v) is 31.4. The van der Waals surface area contributed by atoms with Gasteiger partial charge in [-0.1, -0.05) is 86.7 Å². The van der Waals surface area contributed by atoms with Crippen molar-refractivity contribution in [2.75, 3.05) is 25.0 Å². The molecule has 0 radical (unpaired) electrons. The molecular weight excluding hydrogens is 624 g/mol. The van der Waals surface area contributed by atoms with Gasteiger partial charge >= 0.3 is 12.1 Å². The number of nitrogens with one attached hydrogen (secondary N) is 1. The fraction of sp³-hybridized carbons (Fsp3) is 0.442. The van der Waals surface area contributed by atoms with E-state index in [4.69, 9.17) is 14.2 Å². The Morgan fingerprint density at radius 3 is 2.12 bits per heavy atom. The lowest BCUT2D eigenvalue weighted by atomic mass is 10.0. The summed E-state index contributed by atoms with van der Waals surface area (Å²) in [5.41, 5.74) is 3.48. The fourth-order valence-electron chi connectivity index (χ4n) is 5.96. The maximum atomic E-state index is 12.8. The Balaban J connectivity index is 0.000000872. The van der Waals surface area contributed by atoms with Gasteiger partial charge in [-0.15, -0.1) is 12.3 Å². The molecule has 3 aromatic carbocycles. The van der Waals surface area contributed by atoms with Gasteiger partial charge < -0.3 is 14.2 Å². The maximum Gasteiger partial charge on any atom is 0.411 e. The van der Waals surface area contributed by atoms with Gasteiger partial charge in [-0.25, -0.2) is 4.79 Å². The van der Waals surface area contributed by atoms with E-state index in [1.165, 1.54) is 5.56 Å². The highest BCUT2D eigenvalue weighted by Crippen LogP contribution is 2.40. The summed E-state index contributed by atoms with van der Waals surface area (Å²) in [5, 5.41) is 2.97. The third-order valence-corrected chi connectivity index (χ3v) is 7.94. The minimum atomic E-state index is -0.488. The number of benzene rings is 3. The standard InChI is InChI=1S/C34H40N2O5.C4H8.C3H4.C2H6/c1-34(2,3)41-32(37)16-17-39-28-13-9-10-24(18-28)21-36-22-26-19-29(20-27(26)23-36)40-33(38)35-31-15-8-7-14-30(31)25-11-5-4-6-12-25;1-3-4-2;1-3-2;1-2/h4-15,18,26-27,29H,16-17,19-23H2,1-3H3,(H,35,38);3-4H,1-2H3;1H,2H3;1-2H3/t26-,27+,29?;;;. The Morgan fingerprint density at radius 2 is 1.52 bits per heavy atom. The predicted octanol–water partition coefficient (Wildman–Crippen LogP) is 10.2. The van der Waals surface area contributed by atoms with Gasteiger partial charge in [-0.05, 0) is 95.5 Å². The highest BCUT2D eigenvalue weighted by Gasteiger charge is 2.42. The molecule has 2 aliphatic rings. The van der Waals surface area contributed by atoms with Gasteiger partial charge in [-0.2, -0.15) is 0 Å². The molecular formula is C43H58N2O5. The number of esters is 1. The molecule has 3 aromatic rings. The third kappa shape index (κ3) is 14.9. The molecule has 2 fully saturated rings. The molecule has 1 saturated heterocycles. The molecule has 0 spiro atoms. The van der Waals surface area contributed by atoms with Gasteiger partial charge in [0, 0.05) is 25.2 Å². The van der Waals surface area contributed by atoms with Gasteiger partial charge in [0.2, 0.25) is 0 Å². The molecule has 1 N–H and O–H groups in total. The van der Waals surface area contributed by atoms with Gasteiger partial charge in [0.25, 0.3) is 0 Å². The van der Waals surface area contributed by atoms with Crippen molar-refractivity contribution < 1.29 is 23.8 Å². The number of allylic oxidation sites excluding steroid dienone is 2. The van der Waals surface area contributed by atoms with Crippen LogP contribution in [0.3, 0.4) is 0 Å². The van der Waals surface area contributed by atoms with Crippen LogP contribution in [-0.4, -0.2) is 48.4 Å². The number of fused-ring (bicyclic) bond motifs is 1. The number of carbonyl (C=O) groups excluding carboxylic acids is 2. The number of carbonyl (C=O) groups is 2. The van der Waals surface area contributed by atoms with Crippen molar-refractivity contribution in [1.82, 2.24) is 4.90 Å². The van der Waals surface area contributed by atoms with E-state index in [2.05, 4.69) is 28.6 Å². The monoisotopic (exact) mass is 682 g/mol. The largest absolute Gasteiger partial charge is 0.493 e. The number of anilines is 1. The van der Waals surface area contributed by atoms with Crippen LogP contribution in [0.15, 0.2) is 91.0 Å². The van der Waals surface area contributed by atoms with Crippen LogP contribution in [0, 0.1) is 24.2 Å². The molecule has 7 heteroatoms. The first-order chi connectivity index (χ1) is 24.0. The molecule has 5 rings (SSSR count). The first kappa shape index (κ1) is 41.6. The van der Waals surface area contributed by atoms with E-state index in [-0.39, 0.29) is 18.5 Å². The van der Waals surface area contributed by atoms with Crippen molar-refractivity contribution >= 4 is 17.7 Å². The Bertz CT molecular complexity index is 1490.